The van der Waals surface area contributed by atoms with E-state index >= 15 is 0 Å². The molecule has 1 aliphatic rings. The average molecular weight is 405 g/mol. The quantitative estimate of drug-likeness (QED) is 0.673. The van der Waals surface area contributed by atoms with Gasteiger partial charge in [-0.05, 0) is 30.9 Å². The Bertz CT molecular complexity index is 549. The summed E-state index contributed by atoms with van der Waals surface area (Å²) in [5, 5.41) is 5.59. The minimum absolute atomic E-state index is 0. The third kappa shape index (κ3) is 7.40. The highest BCUT2D eigenvalue weighted by Crippen LogP contribution is 2.19. The van der Waals surface area contributed by atoms with Gasteiger partial charge in [-0.3, -0.25) is 9.59 Å². The van der Waals surface area contributed by atoms with Crippen molar-refractivity contribution in [2.24, 2.45) is 11.7 Å². The molecule has 2 rings (SSSR count). The lowest BCUT2D eigenvalue weighted by Gasteiger charge is -2.34. The fourth-order valence-corrected chi connectivity index (χ4v) is 2.79. The number of halogens is 2. The van der Waals surface area contributed by atoms with Gasteiger partial charge in [0.15, 0.2) is 0 Å². The topological polar surface area (TPSA) is 87.5 Å². The van der Waals surface area contributed by atoms with Crippen molar-refractivity contribution >= 4 is 42.3 Å². The summed E-state index contributed by atoms with van der Waals surface area (Å²) in [6.45, 7) is 5.58. The van der Waals surface area contributed by atoms with Gasteiger partial charge in [0.05, 0.1) is 12.6 Å². The first-order valence-electron chi connectivity index (χ1n) is 8.60. The number of para-hydroxylation sites is 1. The molecule has 4 N–H and O–H groups in total. The van der Waals surface area contributed by atoms with Gasteiger partial charge in [-0.2, -0.15) is 0 Å². The van der Waals surface area contributed by atoms with Crippen molar-refractivity contribution in [3.8, 4) is 0 Å². The zero-order chi connectivity index (χ0) is 17.5. The van der Waals surface area contributed by atoms with Crippen molar-refractivity contribution in [2.45, 2.75) is 38.8 Å². The van der Waals surface area contributed by atoms with Crippen LogP contribution in [-0.2, 0) is 9.59 Å². The van der Waals surface area contributed by atoms with Crippen LogP contribution in [0.3, 0.4) is 0 Å². The summed E-state index contributed by atoms with van der Waals surface area (Å²) in [6, 6.07) is 9.87. The SMILES string of the molecule is CC(C)[C@H](N)C(=O)NCC(=O)NC1CCN(c2ccccc2)CC1.Cl.Cl. The number of nitrogens with two attached hydrogens (primary N) is 1. The van der Waals surface area contributed by atoms with Gasteiger partial charge >= 0.3 is 0 Å². The van der Waals surface area contributed by atoms with Crippen molar-refractivity contribution in [2.75, 3.05) is 24.5 Å². The standard InChI is InChI=1S/C18H28N4O2.2ClH/c1-13(2)17(19)18(24)20-12-16(23)21-14-8-10-22(11-9-14)15-6-4-3-5-7-15;;/h3-7,13-14,17H,8-12,19H2,1-2H3,(H,20,24)(H,21,23);2*1H/t17-;;/m0../s1. The molecule has 8 heteroatoms. The molecule has 1 fully saturated rings. The van der Waals surface area contributed by atoms with E-state index in [1.807, 2.05) is 32.0 Å². The van der Waals surface area contributed by atoms with E-state index in [1.54, 1.807) is 0 Å². The van der Waals surface area contributed by atoms with Crippen molar-refractivity contribution < 1.29 is 9.59 Å². The Balaban J connectivity index is 0.00000312. The van der Waals surface area contributed by atoms with Gasteiger partial charge in [0.1, 0.15) is 0 Å². The number of hydrogen-bond donors (Lipinski definition) is 3. The molecule has 1 aromatic carbocycles. The molecule has 0 unspecified atom stereocenters. The Hall–Kier alpha value is -1.50. The van der Waals surface area contributed by atoms with Crippen LogP contribution in [0.5, 0.6) is 0 Å². The number of rotatable bonds is 6. The van der Waals surface area contributed by atoms with Crippen LogP contribution in [-0.4, -0.2) is 43.5 Å². The van der Waals surface area contributed by atoms with Crippen LogP contribution >= 0.6 is 24.8 Å². The van der Waals surface area contributed by atoms with Crippen LogP contribution in [0.15, 0.2) is 30.3 Å². The third-order valence-corrected chi connectivity index (χ3v) is 4.43. The predicted octanol–water partition coefficient (Wildman–Crippen LogP) is 1.71. The molecule has 6 nitrogen and oxygen atoms in total. The van der Waals surface area contributed by atoms with E-state index in [2.05, 4.69) is 27.7 Å². The second kappa shape index (κ2) is 12.0. The van der Waals surface area contributed by atoms with E-state index in [-0.39, 0.29) is 55.1 Å². The van der Waals surface area contributed by atoms with E-state index < -0.39 is 6.04 Å². The zero-order valence-electron chi connectivity index (χ0n) is 15.3. The third-order valence-electron chi connectivity index (χ3n) is 4.43. The summed E-state index contributed by atoms with van der Waals surface area (Å²) in [7, 11) is 0. The molecule has 1 aromatic rings. The number of carbonyl (C=O) groups excluding carboxylic acids is 2. The van der Waals surface area contributed by atoms with Crippen molar-refractivity contribution in [1.29, 1.82) is 0 Å². The summed E-state index contributed by atoms with van der Waals surface area (Å²) in [6.07, 6.45) is 1.81. The minimum atomic E-state index is -0.577. The number of benzene rings is 1. The number of amides is 2. The molecule has 0 aliphatic carbocycles. The van der Waals surface area contributed by atoms with Crippen LogP contribution < -0.4 is 21.3 Å². The van der Waals surface area contributed by atoms with E-state index in [9.17, 15) is 9.59 Å². The fourth-order valence-electron chi connectivity index (χ4n) is 2.79. The maximum absolute atomic E-state index is 12.0. The van der Waals surface area contributed by atoms with E-state index in [1.165, 1.54) is 5.69 Å². The van der Waals surface area contributed by atoms with Gasteiger partial charge in [0, 0.05) is 24.8 Å². The second-order valence-corrected chi connectivity index (χ2v) is 6.65. The Morgan fingerprint density at radius 1 is 1.15 bits per heavy atom. The van der Waals surface area contributed by atoms with Crippen molar-refractivity contribution in [3.05, 3.63) is 30.3 Å². The van der Waals surface area contributed by atoms with E-state index in [0.29, 0.717) is 0 Å². The Kier molecular flexibility index (Phi) is 11.3. The normalized spacial score (nSPS) is 15.5. The average Bonchev–Trinajstić information content (AvgIpc) is 2.60. The maximum Gasteiger partial charge on any atom is 0.239 e. The molecule has 1 heterocycles. The highest BCUT2D eigenvalue weighted by molar-refractivity contribution is 5.87. The van der Waals surface area contributed by atoms with Crippen LogP contribution in [0.25, 0.3) is 0 Å². The Morgan fingerprint density at radius 3 is 2.27 bits per heavy atom. The number of piperidine rings is 1. The summed E-state index contributed by atoms with van der Waals surface area (Å²) >= 11 is 0. The largest absolute Gasteiger partial charge is 0.371 e. The first-order chi connectivity index (χ1) is 11.5. The van der Waals surface area contributed by atoms with Crippen LogP contribution in [0, 0.1) is 5.92 Å². The van der Waals surface area contributed by atoms with Crippen LogP contribution in [0.1, 0.15) is 26.7 Å². The molecule has 1 atom stereocenters. The predicted molar refractivity (Wildman–Crippen MR) is 110 cm³/mol. The molecular formula is C18H30Cl2N4O2. The van der Waals surface area contributed by atoms with Crippen LogP contribution in [0.2, 0.25) is 0 Å². The number of nitrogens with one attached hydrogen (secondary N) is 2. The minimum Gasteiger partial charge on any atom is -0.371 e. The molecule has 26 heavy (non-hydrogen) atoms. The first kappa shape index (κ1) is 24.5. The summed E-state index contributed by atoms with van der Waals surface area (Å²) in [4.78, 5) is 26.1. The molecule has 0 saturated carbocycles. The fraction of sp³-hybridized carbons (Fsp3) is 0.556. The van der Waals surface area contributed by atoms with Gasteiger partial charge in [0.25, 0.3) is 0 Å². The summed E-state index contributed by atoms with van der Waals surface area (Å²) in [5.41, 5.74) is 6.97. The molecule has 0 aromatic heterocycles. The Morgan fingerprint density at radius 2 is 1.73 bits per heavy atom. The van der Waals surface area contributed by atoms with Gasteiger partial charge in [-0.25, -0.2) is 0 Å². The molecule has 1 saturated heterocycles. The number of hydrogen-bond acceptors (Lipinski definition) is 4. The molecule has 2 amide bonds. The molecule has 1 aliphatic heterocycles. The van der Waals surface area contributed by atoms with Gasteiger partial charge < -0.3 is 21.3 Å². The van der Waals surface area contributed by atoms with Crippen molar-refractivity contribution in [1.82, 2.24) is 10.6 Å². The first-order valence-corrected chi connectivity index (χ1v) is 8.60. The molecule has 0 radical (unpaired) electrons. The zero-order valence-corrected chi connectivity index (χ0v) is 16.9. The molecule has 148 valence electrons. The van der Waals surface area contributed by atoms with Crippen molar-refractivity contribution in [3.63, 3.8) is 0 Å². The number of anilines is 1. The van der Waals surface area contributed by atoms with Crippen LogP contribution in [0.4, 0.5) is 5.69 Å². The lowest BCUT2D eigenvalue weighted by Crippen LogP contribution is -2.50. The van der Waals surface area contributed by atoms with Gasteiger partial charge in [0.2, 0.25) is 11.8 Å². The number of carbonyl (C=O) groups is 2. The summed E-state index contributed by atoms with van der Waals surface area (Å²) < 4.78 is 0. The maximum atomic E-state index is 12.0. The smallest absolute Gasteiger partial charge is 0.239 e. The molecule has 0 bridgehead atoms. The lowest BCUT2D eigenvalue weighted by atomic mass is 10.0. The van der Waals surface area contributed by atoms with Gasteiger partial charge in [-0.1, -0.05) is 32.0 Å². The highest BCUT2D eigenvalue weighted by atomic mass is 35.5. The lowest BCUT2D eigenvalue weighted by molar-refractivity contribution is -0.127. The number of nitrogens with zero attached hydrogens (tertiary/aromatic N) is 1. The van der Waals surface area contributed by atoms with E-state index in [4.69, 9.17) is 5.73 Å². The second-order valence-electron chi connectivity index (χ2n) is 6.65. The molecule has 0 spiro atoms. The monoisotopic (exact) mass is 404 g/mol. The molecular weight excluding hydrogens is 375 g/mol. The summed E-state index contributed by atoms with van der Waals surface area (Å²) in [5.74, 6) is -0.383. The van der Waals surface area contributed by atoms with E-state index in [0.717, 1.165) is 25.9 Å². The Labute approximate surface area is 168 Å². The van der Waals surface area contributed by atoms with Gasteiger partial charge in [-0.15, -0.1) is 24.8 Å². The highest BCUT2D eigenvalue weighted by Gasteiger charge is 2.22.